The zero-order valence-electron chi connectivity index (χ0n) is 4.79. The maximum absolute atomic E-state index is 9.59. The Hall–Kier alpha value is 0.650. The first kappa shape index (κ1) is 11.4. The van der Waals surface area contributed by atoms with Crippen LogP contribution in [-0.4, -0.2) is 13.0 Å². The first-order chi connectivity index (χ1) is 3.06. The van der Waals surface area contributed by atoms with Gasteiger partial charge >= 0.3 is 29.6 Å². The van der Waals surface area contributed by atoms with Crippen LogP contribution in [0.4, 0.5) is 0 Å². The summed E-state index contributed by atoms with van der Waals surface area (Å²) in [4.78, 5) is 0. The maximum Gasteiger partial charge on any atom is 1.00 e. The summed E-state index contributed by atoms with van der Waals surface area (Å²) in [6.45, 7) is 1.47. The molecule has 0 radical (unpaired) electrons. The molecule has 0 spiro atoms. The standard InChI is InChI=1S/C3H6O3S.Na/c1-2-3-7(4,5)6;/h2-3H,1H3,(H,4,5,6);/q;+1/p-1/b3-2-;. The number of allylic oxidation sites excluding steroid dienone is 1. The first-order valence-electron chi connectivity index (χ1n) is 1.65. The van der Waals surface area contributed by atoms with E-state index in [1.807, 2.05) is 0 Å². The third-order valence-corrected chi connectivity index (χ3v) is 0.908. The average molecular weight is 144 g/mol. The summed E-state index contributed by atoms with van der Waals surface area (Å²) in [7, 11) is -4.10. The van der Waals surface area contributed by atoms with Gasteiger partial charge in [0.15, 0.2) is 0 Å². The molecule has 0 aliphatic heterocycles. The van der Waals surface area contributed by atoms with E-state index in [0.29, 0.717) is 5.41 Å². The smallest absolute Gasteiger partial charge is 0.744 e. The predicted molar refractivity (Wildman–Crippen MR) is 24.5 cm³/mol. The fourth-order valence-electron chi connectivity index (χ4n) is 0.167. The van der Waals surface area contributed by atoms with Crippen LogP contribution in [0.2, 0.25) is 0 Å². The van der Waals surface area contributed by atoms with Crippen LogP contribution >= 0.6 is 0 Å². The van der Waals surface area contributed by atoms with Gasteiger partial charge in [0.2, 0.25) is 0 Å². The van der Waals surface area contributed by atoms with E-state index < -0.39 is 10.1 Å². The summed E-state index contributed by atoms with van der Waals surface area (Å²) in [6, 6.07) is 0. The molecule has 0 fully saturated rings. The second-order valence-corrected chi connectivity index (χ2v) is 2.22. The molecule has 0 amide bonds. The Morgan fingerprint density at radius 3 is 1.88 bits per heavy atom. The molecule has 0 aliphatic rings. The zero-order valence-corrected chi connectivity index (χ0v) is 7.60. The Morgan fingerprint density at radius 1 is 1.50 bits per heavy atom. The van der Waals surface area contributed by atoms with Gasteiger partial charge in [-0.1, -0.05) is 6.08 Å². The van der Waals surface area contributed by atoms with E-state index in [1.54, 1.807) is 0 Å². The van der Waals surface area contributed by atoms with Crippen LogP contribution in [0.1, 0.15) is 6.92 Å². The summed E-state index contributed by atoms with van der Waals surface area (Å²) >= 11 is 0. The molecular formula is C3H5NaO3S. The molecule has 5 heteroatoms. The molecule has 3 nitrogen and oxygen atoms in total. The van der Waals surface area contributed by atoms with Crippen LogP contribution in [0.5, 0.6) is 0 Å². The Kier molecular flexibility index (Phi) is 6.47. The molecule has 0 atom stereocenters. The Balaban J connectivity index is 0. The van der Waals surface area contributed by atoms with Crippen LogP contribution in [0.25, 0.3) is 0 Å². The van der Waals surface area contributed by atoms with E-state index in [9.17, 15) is 13.0 Å². The van der Waals surface area contributed by atoms with Gasteiger partial charge in [-0.25, -0.2) is 8.42 Å². The van der Waals surface area contributed by atoms with Gasteiger partial charge in [-0.2, -0.15) is 0 Å². The molecule has 0 rings (SSSR count). The van der Waals surface area contributed by atoms with Crippen LogP contribution in [-0.2, 0) is 10.1 Å². The fourth-order valence-corrected chi connectivity index (χ4v) is 0.500. The molecule has 0 aromatic carbocycles. The molecule has 0 aromatic rings. The summed E-state index contributed by atoms with van der Waals surface area (Å²) in [5.41, 5.74) is 0. The molecule has 42 valence electrons. The quantitative estimate of drug-likeness (QED) is 0.292. The molecule has 0 bridgehead atoms. The second-order valence-electron chi connectivity index (χ2n) is 0.962. The predicted octanol–water partition coefficient (Wildman–Crippen LogP) is -2.93. The van der Waals surface area contributed by atoms with E-state index >= 15 is 0 Å². The van der Waals surface area contributed by atoms with Gasteiger partial charge in [-0.15, -0.1) is 0 Å². The molecule has 0 heterocycles. The largest absolute Gasteiger partial charge is 1.00 e. The normalized spacial score (nSPS) is 11.2. The SMILES string of the molecule is C/C=C\S(=O)(=O)[O-].[Na+]. The van der Waals surface area contributed by atoms with E-state index in [2.05, 4.69) is 0 Å². The maximum atomic E-state index is 9.59. The summed E-state index contributed by atoms with van der Waals surface area (Å²) < 4.78 is 28.8. The van der Waals surface area contributed by atoms with Gasteiger partial charge in [0.05, 0.1) is 0 Å². The van der Waals surface area contributed by atoms with Crippen molar-refractivity contribution in [3.8, 4) is 0 Å². The Morgan fingerprint density at radius 2 is 1.88 bits per heavy atom. The van der Waals surface area contributed by atoms with Crippen molar-refractivity contribution in [1.29, 1.82) is 0 Å². The Bertz CT molecular complexity index is 157. The van der Waals surface area contributed by atoms with Crippen molar-refractivity contribution in [2.75, 3.05) is 0 Å². The summed E-state index contributed by atoms with van der Waals surface area (Å²) in [5.74, 6) is 0. The van der Waals surface area contributed by atoms with Crippen molar-refractivity contribution in [3.63, 3.8) is 0 Å². The topological polar surface area (TPSA) is 57.2 Å². The molecule has 0 aromatic heterocycles. The number of rotatable bonds is 1. The van der Waals surface area contributed by atoms with Gasteiger partial charge in [0.1, 0.15) is 10.1 Å². The van der Waals surface area contributed by atoms with Crippen molar-refractivity contribution in [2.24, 2.45) is 0 Å². The van der Waals surface area contributed by atoms with Crippen molar-refractivity contribution >= 4 is 10.1 Å². The zero-order chi connectivity index (χ0) is 5.91. The van der Waals surface area contributed by atoms with Crippen molar-refractivity contribution < 1.29 is 42.5 Å². The number of hydrogen-bond donors (Lipinski definition) is 0. The third-order valence-electron chi connectivity index (χ3n) is 0.303. The van der Waals surface area contributed by atoms with Gasteiger partial charge in [-0.3, -0.25) is 0 Å². The second kappa shape index (κ2) is 4.52. The minimum Gasteiger partial charge on any atom is -0.744 e. The molecule has 0 aliphatic carbocycles. The van der Waals surface area contributed by atoms with E-state index in [0.717, 1.165) is 0 Å². The number of hydrogen-bond acceptors (Lipinski definition) is 3. The molecule has 0 N–H and O–H groups in total. The van der Waals surface area contributed by atoms with Gasteiger partial charge in [0.25, 0.3) is 0 Å². The van der Waals surface area contributed by atoms with Crippen molar-refractivity contribution in [1.82, 2.24) is 0 Å². The van der Waals surface area contributed by atoms with Gasteiger partial charge < -0.3 is 4.55 Å². The average Bonchev–Trinajstić information content (AvgIpc) is 1.30. The van der Waals surface area contributed by atoms with E-state index in [1.165, 1.54) is 13.0 Å². The molecular weight excluding hydrogens is 139 g/mol. The fraction of sp³-hybridized carbons (Fsp3) is 0.333. The molecule has 0 unspecified atom stereocenters. The minimum absolute atomic E-state index is 0. The van der Waals surface area contributed by atoms with Crippen LogP contribution in [0.15, 0.2) is 11.5 Å². The summed E-state index contributed by atoms with van der Waals surface area (Å²) in [6.07, 6.45) is 1.18. The van der Waals surface area contributed by atoms with Crippen LogP contribution in [0.3, 0.4) is 0 Å². The van der Waals surface area contributed by atoms with E-state index in [4.69, 9.17) is 0 Å². The molecule has 0 saturated carbocycles. The van der Waals surface area contributed by atoms with Crippen LogP contribution in [0, 0.1) is 0 Å². The minimum atomic E-state index is -4.10. The Labute approximate surface area is 70.8 Å². The van der Waals surface area contributed by atoms with Crippen LogP contribution < -0.4 is 29.6 Å². The van der Waals surface area contributed by atoms with Gasteiger partial charge in [-0.05, 0) is 6.92 Å². The molecule has 0 saturated heterocycles. The van der Waals surface area contributed by atoms with Crippen molar-refractivity contribution in [2.45, 2.75) is 6.92 Å². The summed E-state index contributed by atoms with van der Waals surface area (Å²) in [5, 5.41) is 0.604. The van der Waals surface area contributed by atoms with Gasteiger partial charge in [0, 0.05) is 5.41 Å². The third kappa shape index (κ3) is 9.82. The van der Waals surface area contributed by atoms with E-state index in [-0.39, 0.29) is 29.6 Å². The monoisotopic (exact) mass is 144 g/mol. The van der Waals surface area contributed by atoms with Crippen molar-refractivity contribution in [3.05, 3.63) is 11.5 Å². The first-order valence-corrected chi connectivity index (χ1v) is 3.12. The molecule has 8 heavy (non-hydrogen) atoms.